The molecule has 1 saturated heterocycles. The smallest absolute Gasteiger partial charge is 0.123 e. The van der Waals surface area contributed by atoms with Gasteiger partial charge in [-0.25, -0.2) is 4.39 Å². The predicted octanol–water partition coefficient (Wildman–Crippen LogP) is 4.33. The number of rotatable bonds is 6. The van der Waals surface area contributed by atoms with Crippen molar-refractivity contribution in [3.63, 3.8) is 0 Å². The number of hydrogen-bond donors (Lipinski definition) is 1. The van der Waals surface area contributed by atoms with Gasteiger partial charge in [-0.3, -0.25) is 4.90 Å². The average molecular weight is 343 g/mol. The topological polar surface area (TPSA) is 32.7 Å². The molecule has 0 bridgehead atoms. The highest BCUT2D eigenvalue weighted by molar-refractivity contribution is 5.40. The van der Waals surface area contributed by atoms with Gasteiger partial charge in [-0.05, 0) is 61.6 Å². The lowest BCUT2D eigenvalue weighted by Gasteiger charge is -2.26. The van der Waals surface area contributed by atoms with Gasteiger partial charge in [0.2, 0.25) is 0 Å². The molecule has 1 atom stereocenters. The SMILES string of the molecule is Cc1cc(O)c(CN(Cc2cccc(F)c2)C[C@@H]2CCCO2)cc1C. The summed E-state index contributed by atoms with van der Waals surface area (Å²) in [6.07, 6.45) is 2.36. The van der Waals surface area contributed by atoms with Gasteiger partial charge in [0.1, 0.15) is 11.6 Å². The van der Waals surface area contributed by atoms with Crippen LogP contribution in [0.15, 0.2) is 36.4 Å². The Kier molecular flexibility index (Phi) is 5.71. The summed E-state index contributed by atoms with van der Waals surface area (Å²) in [4.78, 5) is 2.23. The molecule has 1 aliphatic heterocycles. The summed E-state index contributed by atoms with van der Waals surface area (Å²) in [5.74, 6) is 0.100. The lowest BCUT2D eigenvalue weighted by atomic mass is 10.0. The minimum Gasteiger partial charge on any atom is -0.508 e. The fourth-order valence-corrected chi connectivity index (χ4v) is 3.38. The number of phenolic OH excluding ortho intramolecular Hbond substituents is 1. The number of benzene rings is 2. The first-order valence-corrected chi connectivity index (χ1v) is 8.89. The summed E-state index contributed by atoms with van der Waals surface area (Å²) < 4.78 is 19.3. The predicted molar refractivity (Wildman–Crippen MR) is 97.1 cm³/mol. The molecule has 3 rings (SSSR count). The van der Waals surface area contributed by atoms with Crippen molar-refractivity contribution in [2.75, 3.05) is 13.2 Å². The van der Waals surface area contributed by atoms with Gasteiger partial charge in [0.05, 0.1) is 6.10 Å². The quantitative estimate of drug-likeness (QED) is 0.847. The first-order chi connectivity index (χ1) is 12.0. The normalized spacial score (nSPS) is 17.4. The summed E-state index contributed by atoms with van der Waals surface area (Å²) in [5.41, 5.74) is 4.08. The van der Waals surface area contributed by atoms with Crippen molar-refractivity contribution in [3.8, 4) is 5.75 Å². The van der Waals surface area contributed by atoms with Crippen LogP contribution in [0.1, 0.15) is 35.1 Å². The molecule has 2 aromatic carbocycles. The van der Waals surface area contributed by atoms with E-state index in [4.69, 9.17) is 4.74 Å². The van der Waals surface area contributed by atoms with Crippen LogP contribution in [0.4, 0.5) is 4.39 Å². The monoisotopic (exact) mass is 343 g/mol. The highest BCUT2D eigenvalue weighted by atomic mass is 19.1. The Morgan fingerprint density at radius 1 is 1.16 bits per heavy atom. The molecule has 0 unspecified atom stereocenters. The Morgan fingerprint density at radius 3 is 2.68 bits per heavy atom. The average Bonchev–Trinajstić information content (AvgIpc) is 3.05. The van der Waals surface area contributed by atoms with Crippen LogP contribution in [-0.4, -0.2) is 29.3 Å². The molecule has 0 aromatic heterocycles. The van der Waals surface area contributed by atoms with E-state index in [0.717, 1.165) is 48.2 Å². The maximum atomic E-state index is 13.5. The van der Waals surface area contributed by atoms with E-state index < -0.39 is 0 Å². The van der Waals surface area contributed by atoms with E-state index in [0.29, 0.717) is 18.8 Å². The zero-order valence-corrected chi connectivity index (χ0v) is 15.0. The third-order valence-corrected chi connectivity index (χ3v) is 4.87. The van der Waals surface area contributed by atoms with Gasteiger partial charge < -0.3 is 9.84 Å². The molecule has 0 radical (unpaired) electrons. The van der Waals surface area contributed by atoms with Crippen molar-refractivity contribution in [3.05, 3.63) is 64.5 Å². The third kappa shape index (κ3) is 4.80. The summed E-state index contributed by atoms with van der Waals surface area (Å²) in [5, 5.41) is 10.3. The minimum absolute atomic E-state index is 0.210. The molecule has 3 nitrogen and oxygen atoms in total. The number of ether oxygens (including phenoxy) is 1. The van der Waals surface area contributed by atoms with Gasteiger partial charge in [-0.2, -0.15) is 0 Å². The molecule has 1 heterocycles. The molecule has 2 aromatic rings. The lowest BCUT2D eigenvalue weighted by Crippen LogP contribution is -2.31. The largest absolute Gasteiger partial charge is 0.508 e. The summed E-state index contributed by atoms with van der Waals surface area (Å²) >= 11 is 0. The van der Waals surface area contributed by atoms with Crippen LogP contribution >= 0.6 is 0 Å². The van der Waals surface area contributed by atoms with Crippen molar-refractivity contribution in [2.45, 2.75) is 45.9 Å². The van der Waals surface area contributed by atoms with E-state index in [-0.39, 0.29) is 11.9 Å². The molecule has 0 spiro atoms. The summed E-state index contributed by atoms with van der Waals surface area (Å²) in [6.45, 7) is 6.88. The highest BCUT2D eigenvalue weighted by Crippen LogP contribution is 2.25. The van der Waals surface area contributed by atoms with Crippen molar-refractivity contribution < 1.29 is 14.2 Å². The molecule has 1 N–H and O–H groups in total. The standard InChI is InChI=1S/C21H26FNO2/c1-15-9-18(21(24)10-16(15)2)13-23(14-20-7-4-8-25-20)12-17-5-3-6-19(22)11-17/h3,5-6,9-11,20,24H,4,7-8,12-14H2,1-2H3/t20-/m0/s1. The zero-order valence-electron chi connectivity index (χ0n) is 15.0. The molecule has 0 amide bonds. The summed E-state index contributed by atoms with van der Waals surface area (Å²) in [6, 6.07) is 10.6. The van der Waals surface area contributed by atoms with Crippen molar-refractivity contribution >= 4 is 0 Å². The highest BCUT2D eigenvalue weighted by Gasteiger charge is 2.20. The second kappa shape index (κ2) is 7.98. The van der Waals surface area contributed by atoms with Gasteiger partial charge in [0, 0.05) is 31.8 Å². The zero-order chi connectivity index (χ0) is 17.8. The van der Waals surface area contributed by atoms with E-state index >= 15 is 0 Å². The summed E-state index contributed by atoms with van der Waals surface area (Å²) in [7, 11) is 0. The fourth-order valence-electron chi connectivity index (χ4n) is 3.38. The number of nitrogens with zero attached hydrogens (tertiary/aromatic N) is 1. The molecular weight excluding hydrogens is 317 g/mol. The van der Waals surface area contributed by atoms with E-state index in [9.17, 15) is 9.50 Å². The lowest BCUT2D eigenvalue weighted by molar-refractivity contribution is 0.0676. The van der Waals surface area contributed by atoms with Crippen molar-refractivity contribution in [2.24, 2.45) is 0 Å². The second-order valence-electron chi connectivity index (χ2n) is 7.00. The molecule has 25 heavy (non-hydrogen) atoms. The van der Waals surface area contributed by atoms with Gasteiger partial charge in [-0.15, -0.1) is 0 Å². The maximum absolute atomic E-state index is 13.5. The number of hydrogen-bond acceptors (Lipinski definition) is 3. The van der Waals surface area contributed by atoms with Crippen LogP contribution in [0.25, 0.3) is 0 Å². The minimum atomic E-state index is -0.219. The molecule has 1 aliphatic rings. The first-order valence-electron chi connectivity index (χ1n) is 8.89. The third-order valence-electron chi connectivity index (χ3n) is 4.87. The van der Waals surface area contributed by atoms with Gasteiger partial charge in [0.15, 0.2) is 0 Å². The Balaban J connectivity index is 1.79. The van der Waals surface area contributed by atoms with Crippen LogP contribution in [0.5, 0.6) is 5.75 Å². The van der Waals surface area contributed by atoms with Crippen LogP contribution in [0, 0.1) is 19.7 Å². The maximum Gasteiger partial charge on any atom is 0.123 e. The molecular formula is C21H26FNO2. The van der Waals surface area contributed by atoms with Crippen molar-refractivity contribution in [1.29, 1.82) is 0 Å². The van der Waals surface area contributed by atoms with Crippen LogP contribution < -0.4 is 0 Å². The molecule has 1 fully saturated rings. The van der Waals surface area contributed by atoms with Gasteiger partial charge in [0.25, 0.3) is 0 Å². The van der Waals surface area contributed by atoms with E-state index in [1.54, 1.807) is 12.1 Å². The first kappa shape index (κ1) is 17.9. The molecule has 0 saturated carbocycles. The van der Waals surface area contributed by atoms with Gasteiger partial charge in [-0.1, -0.05) is 18.2 Å². The van der Waals surface area contributed by atoms with Crippen LogP contribution in [0.3, 0.4) is 0 Å². The van der Waals surface area contributed by atoms with E-state index in [1.165, 1.54) is 6.07 Å². The second-order valence-corrected chi connectivity index (χ2v) is 7.00. The molecule has 134 valence electrons. The Hall–Kier alpha value is -1.91. The number of aromatic hydroxyl groups is 1. The van der Waals surface area contributed by atoms with E-state index in [1.807, 2.05) is 25.1 Å². The number of phenols is 1. The Morgan fingerprint density at radius 2 is 1.96 bits per heavy atom. The molecule has 0 aliphatic carbocycles. The molecule has 4 heteroatoms. The number of aryl methyl sites for hydroxylation is 2. The fraction of sp³-hybridized carbons (Fsp3) is 0.429. The Labute approximate surface area is 149 Å². The van der Waals surface area contributed by atoms with Crippen LogP contribution in [-0.2, 0) is 17.8 Å². The Bertz CT molecular complexity index is 726. The van der Waals surface area contributed by atoms with E-state index in [2.05, 4.69) is 11.8 Å². The van der Waals surface area contributed by atoms with Crippen molar-refractivity contribution in [1.82, 2.24) is 4.90 Å². The number of halogens is 1. The van der Waals surface area contributed by atoms with Crippen LogP contribution in [0.2, 0.25) is 0 Å². The van der Waals surface area contributed by atoms with Gasteiger partial charge >= 0.3 is 0 Å².